The fourth-order valence-corrected chi connectivity index (χ4v) is 4.41. The molecular formula is C25H29N3O3. The molecule has 0 aliphatic carbocycles. The van der Waals surface area contributed by atoms with E-state index in [1.165, 1.54) is 12.7 Å². The molecule has 4 rings (SSSR count). The summed E-state index contributed by atoms with van der Waals surface area (Å²) in [6, 6.07) is 17.8. The van der Waals surface area contributed by atoms with Crippen molar-refractivity contribution in [2.45, 2.75) is 32.2 Å². The SMILES string of the molecule is COC(=O)c1[nH]c2ccccc2c1NC(=O)C(C)N1CCC(Cc2ccccc2)CC1. The van der Waals surface area contributed by atoms with Gasteiger partial charge in [0.05, 0.1) is 18.8 Å². The third kappa shape index (κ3) is 4.64. The van der Waals surface area contributed by atoms with Crippen LogP contribution in [0.1, 0.15) is 35.8 Å². The molecule has 1 fully saturated rings. The molecule has 1 aliphatic heterocycles. The van der Waals surface area contributed by atoms with Crippen LogP contribution < -0.4 is 5.32 Å². The molecule has 1 aliphatic rings. The van der Waals surface area contributed by atoms with Crippen LogP contribution in [-0.4, -0.2) is 48.0 Å². The maximum atomic E-state index is 13.1. The number of fused-ring (bicyclic) bond motifs is 1. The molecule has 0 spiro atoms. The number of rotatable bonds is 6. The second-order valence-corrected chi connectivity index (χ2v) is 8.25. The number of nitrogens with zero attached hydrogens (tertiary/aromatic N) is 1. The van der Waals surface area contributed by atoms with Gasteiger partial charge in [-0.25, -0.2) is 4.79 Å². The number of benzene rings is 2. The number of para-hydroxylation sites is 1. The third-order valence-corrected chi connectivity index (χ3v) is 6.29. The van der Waals surface area contributed by atoms with Crippen LogP contribution in [-0.2, 0) is 16.0 Å². The highest BCUT2D eigenvalue weighted by Gasteiger charge is 2.28. The minimum atomic E-state index is -0.499. The van der Waals surface area contributed by atoms with Gasteiger partial charge in [-0.1, -0.05) is 48.5 Å². The lowest BCUT2D eigenvalue weighted by molar-refractivity contribution is -0.121. The number of ether oxygens (including phenoxy) is 1. The average molecular weight is 420 g/mol. The van der Waals surface area contributed by atoms with Gasteiger partial charge in [-0.05, 0) is 56.8 Å². The van der Waals surface area contributed by atoms with Crippen molar-refractivity contribution >= 4 is 28.5 Å². The van der Waals surface area contributed by atoms with Gasteiger partial charge in [0, 0.05) is 10.9 Å². The minimum Gasteiger partial charge on any atom is -0.464 e. The standard InChI is InChI=1S/C25H29N3O3/c1-17(28-14-12-19(13-15-28)16-18-8-4-3-5-9-18)24(29)27-22-20-10-6-7-11-21(20)26-23(22)25(30)31-2/h3-11,17,19,26H,12-16H2,1-2H3,(H,27,29). The van der Waals surface area contributed by atoms with Crippen molar-refractivity contribution in [1.29, 1.82) is 0 Å². The predicted molar refractivity (Wildman–Crippen MR) is 122 cm³/mol. The Bertz CT molecular complexity index is 1050. The molecule has 1 unspecified atom stereocenters. The smallest absolute Gasteiger partial charge is 0.356 e. The van der Waals surface area contributed by atoms with Gasteiger partial charge in [-0.15, -0.1) is 0 Å². The molecule has 2 aromatic carbocycles. The normalized spacial score (nSPS) is 16.2. The van der Waals surface area contributed by atoms with E-state index < -0.39 is 5.97 Å². The second kappa shape index (κ2) is 9.35. The van der Waals surface area contributed by atoms with E-state index in [0.29, 0.717) is 11.6 Å². The van der Waals surface area contributed by atoms with Crippen LogP contribution >= 0.6 is 0 Å². The summed E-state index contributed by atoms with van der Waals surface area (Å²) in [6.45, 7) is 3.72. The van der Waals surface area contributed by atoms with Gasteiger partial charge in [-0.3, -0.25) is 9.69 Å². The molecule has 162 valence electrons. The first kappa shape index (κ1) is 21.1. The predicted octanol–water partition coefficient (Wildman–Crippen LogP) is 4.24. The Balaban J connectivity index is 1.41. The highest BCUT2D eigenvalue weighted by Crippen LogP contribution is 2.29. The minimum absolute atomic E-state index is 0.114. The molecule has 1 aromatic heterocycles. The number of nitrogens with one attached hydrogen (secondary N) is 2. The maximum absolute atomic E-state index is 13.1. The van der Waals surface area contributed by atoms with Crippen LogP contribution in [0.15, 0.2) is 54.6 Å². The largest absolute Gasteiger partial charge is 0.464 e. The van der Waals surface area contributed by atoms with E-state index in [4.69, 9.17) is 4.74 Å². The number of piperidine rings is 1. The second-order valence-electron chi connectivity index (χ2n) is 8.25. The molecule has 6 heteroatoms. The number of carbonyl (C=O) groups excluding carboxylic acids is 2. The van der Waals surface area contributed by atoms with Crippen LogP contribution in [0.25, 0.3) is 10.9 Å². The van der Waals surface area contributed by atoms with E-state index in [-0.39, 0.29) is 17.6 Å². The molecule has 0 bridgehead atoms. The molecule has 3 aromatic rings. The van der Waals surface area contributed by atoms with E-state index in [9.17, 15) is 9.59 Å². The van der Waals surface area contributed by atoms with Crippen LogP contribution in [0, 0.1) is 5.92 Å². The first-order chi connectivity index (χ1) is 15.1. The molecule has 31 heavy (non-hydrogen) atoms. The number of aromatic amines is 1. The van der Waals surface area contributed by atoms with Crippen LogP contribution in [0.5, 0.6) is 0 Å². The molecule has 1 amide bonds. The van der Waals surface area contributed by atoms with E-state index in [2.05, 4.69) is 39.5 Å². The Morgan fingerprint density at radius 2 is 1.77 bits per heavy atom. The van der Waals surface area contributed by atoms with Crippen molar-refractivity contribution in [2.24, 2.45) is 5.92 Å². The van der Waals surface area contributed by atoms with Gasteiger partial charge in [0.1, 0.15) is 5.69 Å². The first-order valence-corrected chi connectivity index (χ1v) is 10.8. The van der Waals surface area contributed by atoms with Crippen molar-refractivity contribution in [3.05, 3.63) is 65.9 Å². The van der Waals surface area contributed by atoms with E-state index >= 15 is 0 Å². The molecule has 1 saturated heterocycles. The Morgan fingerprint density at radius 3 is 2.48 bits per heavy atom. The molecule has 0 radical (unpaired) electrons. The van der Waals surface area contributed by atoms with Crippen molar-refractivity contribution in [1.82, 2.24) is 9.88 Å². The number of hydrogen-bond donors (Lipinski definition) is 2. The zero-order valence-corrected chi connectivity index (χ0v) is 18.1. The fourth-order valence-electron chi connectivity index (χ4n) is 4.41. The summed E-state index contributed by atoms with van der Waals surface area (Å²) < 4.78 is 4.89. The van der Waals surface area contributed by atoms with Crippen molar-refractivity contribution in [2.75, 3.05) is 25.5 Å². The topological polar surface area (TPSA) is 74.4 Å². The van der Waals surface area contributed by atoms with Crippen LogP contribution in [0.4, 0.5) is 5.69 Å². The zero-order chi connectivity index (χ0) is 21.8. The number of carbonyl (C=O) groups is 2. The lowest BCUT2D eigenvalue weighted by Crippen LogP contribution is -2.46. The summed E-state index contributed by atoms with van der Waals surface area (Å²) in [5.41, 5.74) is 2.91. The number of hydrogen-bond acceptors (Lipinski definition) is 4. The summed E-state index contributed by atoms with van der Waals surface area (Å²) in [5.74, 6) is 0.0331. The van der Waals surface area contributed by atoms with Gasteiger partial charge in [0.25, 0.3) is 0 Å². The van der Waals surface area contributed by atoms with Crippen LogP contribution in [0.2, 0.25) is 0 Å². The zero-order valence-electron chi connectivity index (χ0n) is 18.1. The summed E-state index contributed by atoms with van der Waals surface area (Å²) in [5, 5.41) is 3.78. The van der Waals surface area contributed by atoms with Gasteiger partial charge >= 0.3 is 5.97 Å². The summed E-state index contributed by atoms with van der Waals surface area (Å²) >= 11 is 0. The Morgan fingerprint density at radius 1 is 1.10 bits per heavy atom. The molecule has 0 saturated carbocycles. The average Bonchev–Trinajstić information content (AvgIpc) is 3.17. The number of aromatic nitrogens is 1. The Hall–Kier alpha value is -3.12. The molecule has 2 heterocycles. The van der Waals surface area contributed by atoms with E-state index in [1.807, 2.05) is 37.3 Å². The maximum Gasteiger partial charge on any atom is 0.356 e. The highest BCUT2D eigenvalue weighted by molar-refractivity contribution is 6.11. The Labute approximate surface area is 182 Å². The fraction of sp³-hybridized carbons (Fsp3) is 0.360. The van der Waals surface area contributed by atoms with Gasteiger partial charge in [0.15, 0.2) is 0 Å². The summed E-state index contributed by atoms with van der Waals surface area (Å²) in [4.78, 5) is 30.6. The van der Waals surface area contributed by atoms with Gasteiger partial charge in [0.2, 0.25) is 5.91 Å². The number of methoxy groups -OCH3 is 1. The number of H-pyrrole nitrogens is 1. The lowest BCUT2D eigenvalue weighted by atomic mass is 9.89. The molecular weight excluding hydrogens is 390 g/mol. The first-order valence-electron chi connectivity index (χ1n) is 10.8. The number of anilines is 1. The van der Waals surface area contributed by atoms with Crippen molar-refractivity contribution in [3.8, 4) is 0 Å². The van der Waals surface area contributed by atoms with E-state index in [0.717, 1.165) is 43.3 Å². The van der Waals surface area contributed by atoms with Gasteiger partial charge < -0.3 is 15.0 Å². The number of likely N-dealkylation sites (tertiary alicyclic amines) is 1. The number of amides is 1. The van der Waals surface area contributed by atoms with Crippen molar-refractivity contribution in [3.63, 3.8) is 0 Å². The highest BCUT2D eigenvalue weighted by atomic mass is 16.5. The monoisotopic (exact) mass is 419 g/mol. The molecule has 6 nitrogen and oxygen atoms in total. The molecule has 1 atom stereocenters. The number of esters is 1. The third-order valence-electron chi connectivity index (χ3n) is 6.29. The van der Waals surface area contributed by atoms with Crippen LogP contribution in [0.3, 0.4) is 0 Å². The molecule has 2 N–H and O–H groups in total. The lowest BCUT2D eigenvalue weighted by Gasteiger charge is -2.35. The summed E-state index contributed by atoms with van der Waals surface area (Å²) in [6.07, 6.45) is 3.24. The van der Waals surface area contributed by atoms with Gasteiger partial charge in [-0.2, -0.15) is 0 Å². The summed E-state index contributed by atoms with van der Waals surface area (Å²) in [7, 11) is 1.33. The van der Waals surface area contributed by atoms with Crippen molar-refractivity contribution < 1.29 is 14.3 Å². The van der Waals surface area contributed by atoms with E-state index in [1.54, 1.807) is 0 Å². The Kier molecular flexibility index (Phi) is 6.37. The quantitative estimate of drug-likeness (QED) is 0.586.